The molecule has 3 aromatic rings. The molecule has 0 saturated carbocycles. The fourth-order valence-corrected chi connectivity index (χ4v) is 3.57. The number of thiophene rings is 1. The van der Waals surface area contributed by atoms with Crippen LogP contribution in [-0.2, 0) is 13.0 Å². The van der Waals surface area contributed by atoms with E-state index in [9.17, 15) is 4.79 Å². The second kappa shape index (κ2) is 5.33. The minimum atomic E-state index is -0.863. The number of nitrogens with zero attached hydrogens (tertiary/aromatic N) is 2. The van der Waals surface area contributed by atoms with Gasteiger partial charge >= 0.3 is 5.97 Å². The summed E-state index contributed by atoms with van der Waals surface area (Å²) >= 11 is 1.34. The summed E-state index contributed by atoms with van der Waals surface area (Å²) in [5.74, 6) is 0.124. The van der Waals surface area contributed by atoms with Gasteiger partial charge in [0.1, 0.15) is 10.7 Å². The van der Waals surface area contributed by atoms with Gasteiger partial charge in [-0.3, -0.25) is 0 Å². The Labute approximate surface area is 126 Å². The third kappa shape index (κ3) is 2.45. The van der Waals surface area contributed by atoms with Gasteiger partial charge in [0.2, 0.25) is 0 Å². The molecule has 0 aliphatic carbocycles. The lowest BCUT2D eigenvalue weighted by atomic mass is 10.2. The van der Waals surface area contributed by atoms with E-state index in [-0.39, 0.29) is 0 Å². The van der Waals surface area contributed by atoms with E-state index in [0.29, 0.717) is 11.3 Å². The highest BCUT2D eigenvalue weighted by atomic mass is 32.1. The highest BCUT2D eigenvalue weighted by Gasteiger charge is 2.15. The zero-order valence-corrected chi connectivity index (χ0v) is 12.8. The van der Waals surface area contributed by atoms with Crippen molar-refractivity contribution in [2.45, 2.75) is 26.8 Å². The van der Waals surface area contributed by atoms with Gasteiger partial charge in [0.15, 0.2) is 0 Å². The van der Waals surface area contributed by atoms with E-state index >= 15 is 0 Å². The largest absolute Gasteiger partial charge is 0.477 e. The first kappa shape index (κ1) is 13.8. The number of carboxylic acid groups (broad SMARTS) is 1. The normalized spacial score (nSPS) is 11.1. The number of benzene rings is 1. The van der Waals surface area contributed by atoms with Crippen molar-refractivity contribution >= 4 is 28.3 Å². The molecule has 0 unspecified atom stereocenters. The van der Waals surface area contributed by atoms with Crippen molar-refractivity contribution in [3.05, 3.63) is 51.5 Å². The molecular weight excluding hydrogens is 284 g/mol. The smallest absolute Gasteiger partial charge is 0.345 e. The Morgan fingerprint density at radius 2 is 2.14 bits per heavy atom. The molecule has 0 spiro atoms. The Hall–Kier alpha value is -2.14. The quantitative estimate of drug-likeness (QED) is 0.799. The lowest BCUT2D eigenvalue weighted by molar-refractivity contribution is 0.0702. The molecule has 1 aromatic carbocycles. The second-order valence-corrected chi connectivity index (χ2v) is 6.10. The van der Waals surface area contributed by atoms with E-state index in [2.05, 4.69) is 17.6 Å². The average Bonchev–Trinajstić information content (AvgIpc) is 3.00. The number of rotatable bonds is 4. The van der Waals surface area contributed by atoms with Crippen LogP contribution in [0, 0.1) is 6.92 Å². The van der Waals surface area contributed by atoms with Crippen molar-refractivity contribution in [1.82, 2.24) is 9.55 Å². The van der Waals surface area contributed by atoms with Crippen molar-refractivity contribution in [3.63, 3.8) is 0 Å². The van der Waals surface area contributed by atoms with Crippen molar-refractivity contribution in [2.24, 2.45) is 0 Å². The van der Waals surface area contributed by atoms with Gasteiger partial charge in [-0.25, -0.2) is 9.78 Å². The molecule has 0 amide bonds. The molecule has 0 bridgehead atoms. The van der Waals surface area contributed by atoms with E-state index in [1.807, 2.05) is 25.1 Å². The van der Waals surface area contributed by atoms with E-state index in [0.717, 1.165) is 33.8 Å². The van der Waals surface area contributed by atoms with Crippen LogP contribution in [0.4, 0.5) is 0 Å². The van der Waals surface area contributed by atoms with Gasteiger partial charge in [-0.05, 0) is 37.6 Å². The van der Waals surface area contributed by atoms with Crippen molar-refractivity contribution < 1.29 is 9.90 Å². The number of carbonyl (C=O) groups is 1. The molecule has 0 aliphatic heterocycles. The number of hydrogen-bond donors (Lipinski definition) is 1. The van der Waals surface area contributed by atoms with Crippen LogP contribution in [-0.4, -0.2) is 20.6 Å². The summed E-state index contributed by atoms with van der Waals surface area (Å²) in [5, 5.41) is 9.09. The van der Waals surface area contributed by atoms with E-state index in [4.69, 9.17) is 10.1 Å². The standard InChI is InChI=1S/C16H16N2O2S/c1-3-18-12-7-5-4-6-11(12)17-15(18)9-13-10(2)8-14(21-13)16(19)20/h4-8H,3,9H2,1-2H3,(H,19,20). The minimum Gasteiger partial charge on any atom is -0.477 e. The number of aromatic carboxylic acids is 1. The maximum atomic E-state index is 11.1. The van der Waals surface area contributed by atoms with Crippen LogP contribution in [0.15, 0.2) is 30.3 Å². The van der Waals surface area contributed by atoms with Crippen molar-refractivity contribution in [2.75, 3.05) is 0 Å². The number of para-hydroxylation sites is 2. The first-order chi connectivity index (χ1) is 10.1. The van der Waals surface area contributed by atoms with Crippen LogP contribution in [0.1, 0.15) is 32.9 Å². The van der Waals surface area contributed by atoms with Crippen LogP contribution in [0.3, 0.4) is 0 Å². The van der Waals surface area contributed by atoms with Crippen LogP contribution in [0.25, 0.3) is 11.0 Å². The number of carboxylic acids is 1. The van der Waals surface area contributed by atoms with Crippen LogP contribution < -0.4 is 0 Å². The predicted molar refractivity (Wildman–Crippen MR) is 84.2 cm³/mol. The van der Waals surface area contributed by atoms with Crippen LogP contribution >= 0.6 is 11.3 Å². The molecular formula is C16H16N2O2S. The summed E-state index contributed by atoms with van der Waals surface area (Å²) in [5.41, 5.74) is 3.14. The molecule has 3 rings (SSSR count). The predicted octanol–water partition coefficient (Wildman–Crippen LogP) is 3.72. The Morgan fingerprint density at radius 3 is 2.81 bits per heavy atom. The zero-order valence-electron chi connectivity index (χ0n) is 12.0. The molecule has 0 saturated heterocycles. The molecule has 108 valence electrons. The molecule has 2 aromatic heterocycles. The summed E-state index contributed by atoms with van der Waals surface area (Å²) in [6, 6.07) is 9.81. The molecule has 4 nitrogen and oxygen atoms in total. The molecule has 0 fully saturated rings. The summed E-state index contributed by atoms with van der Waals surface area (Å²) < 4.78 is 2.19. The third-order valence-electron chi connectivity index (χ3n) is 3.60. The number of hydrogen-bond acceptors (Lipinski definition) is 3. The first-order valence-electron chi connectivity index (χ1n) is 6.87. The van der Waals surface area contributed by atoms with Gasteiger partial charge in [0.25, 0.3) is 0 Å². The third-order valence-corrected chi connectivity index (χ3v) is 4.82. The zero-order chi connectivity index (χ0) is 15.0. The molecule has 0 aliphatic rings. The maximum absolute atomic E-state index is 11.1. The van der Waals surface area contributed by atoms with Gasteiger partial charge in [-0.15, -0.1) is 11.3 Å². The van der Waals surface area contributed by atoms with E-state index < -0.39 is 5.97 Å². The topological polar surface area (TPSA) is 55.1 Å². The maximum Gasteiger partial charge on any atom is 0.345 e. The molecule has 2 heterocycles. The van der Waals surface area contributed by atoms with E-state index in [1.165, 1.54) is 11.3 Å². The van der Waals surface area contributed by atoms with Gasteiger partial charge < -0.3 is 9.67 Å². The van der Waals surface area contributed by atoms with Crippen LogP contribution in [0.2, 0.25) is 0 Å². The summed E-state index contributed by atoms with van der Waals surface area (Å²) in [6.45, 7) is 4.91. The van der Waals surface area contributed by atoms with Gasteiger partial charge in [-0.2, -0.15) is 0 Å². The van der Waals surface area contributed by atoms with Gasteiger partial charge in [-0.1, -0.05) is 12.1 Å². The number of aromatic nitrogens is 2. The number of aryl methyl sites for hydroxylation is 2. The van der Waals surface area contributed by atoms with Crippen molar-refractivity contribution in [1.29, 1.82) is 0 Å². The molecule has 0 radical (unpaired) electrons. The molecule has 5 heteroatoms. The molecule has 1 N–H and O–H groups in total. The highest BCUT2D eigenvalue weighted by molar-refractivity contribution is 7.14. The van der Waals surface area contributed by atoms with Crippen molar-refractivity contribution in [3.8, 4) is 0 Å². The fourth-order valence-electron chi connectivity index (χ4n) is 2.56. The summed E-state index contributed by atoms with van der Waals surface area (Å²) in [7, 11) is 0. The Bertz CT molecular complexity index is 817. The first-order valence-corrected chi connectivity index (χ1v) is 7.68. The molecule has 21 heavy (non-hydrogen) atoms. The SMILES string of the molecule is CCn1c(Cc2sc(C(=O)O)cc2C)nc2ccccc21. The second-order valence-electron chi connectivity index (χ2n) is 4.96. The Morgan fingerprint density at radius 1 is 1.38 bits per heavy atom. The lowest BCUT2D eigenvalue weighted by Gasteiger charge is -2.05. The fraction of sp³-hybridized carbons (Fsp3) is 0.250. The number of imidazole rings is 1. The monoisotopic (exact) mass is 300 g/mol. The Kier molecular flexibility index (Phi) is 3.51. The Balaban J connectivity index is 2.03. The molecule has 0 atom stereocenters. The van der Waals surface area contributed by atoms with Crippen LogP contribution in [0.5, 0.6) is 0 Å². The summed E-state index contributed by atoms with van der Waals surface area (Å²) in [4.78, 5) is 17.2. The summed E-state index contributed by atoms with van der Waals surface area (Å²) in [6.07, 6.45) is 0.673. The van der Waals surface area contributed by atoms with E-state index in [1.54, 1.807) is 6.07 Å². The lowest BCUT2D eigenvalue weighted by Crippen LogP contribution is -2.02. The average molecular weight is 300 g/mol. The van der Waals surface area contributed by atoms with Gasteiger partial charge in [0, 0.05) is 17.8 Å². The minimum absolute atomic E-state index is 0.390. The number of fused-ring (bicyclic) bond motifs is 1. The highest BCUT2D eigenvalue weighted by Crippen LogP contribution is 2.26. The van der Waals surface area contributed by atoms with Gasteiger partial charge in [0.05, 0.1) is 11.0 Å².